The van der Waals surface area contributed by atoms with Gasteiger partial charge in [-0.05, 0) is 90.1 Å². The number of ether oxygens (including phenoxy) is 4. The van der Waals surface area contributed by atoms with Crippen LogP contribution in [0, 0.1) is 18.2 Å². The molecule has 2 aliphatic heterocycles. The average molecular weight is 806 g/mol. The Balaban J connectivity index is 1.34. The molecule has 1 amide bonds. The maximum Gasteiger partial charge on any atom is 0.410 e. The number of hydrogen-bond acceptors (Lipinski definition) is 11. The van der Waals surface area contributed by atoms with E-state index in [-0.39, 0.29) is 52.3 Å². The molecule has 0 bridgehead atoms. The van der Waals surface area contributed by atoms with Gasteiger partial charge in [-0.3, -0.25) is 5.10 Å². The highest BCUT2D eigenvalue weighted by molar-refractivity contribution is 6.74. The van der Waals surface area contributed by atoms with Crippen LogP contribution in [0.5, 0.6) is 11.9 Å². The second-order valence-electron chi connectivity index (χ2n) is 19.0. The van der Waals surface area contributed by atoms with Crippen LogP contribution in [0.1, 0.15) is 86.1 Å². The van der Waals surface area contributed by atoms with Gasteiger partial charge in [0.1, 0.15) is 28.0 Å². The van der Waals surface area contributed by atoms with Crippen LogP contribution in [0.3, 0.4) is 0 Å². The highest BCUT2D eigenvalue weighted by atomic mass is 28.4. The van der Waals surface area contributed by atoms with Gasteiger partial charge in [0.2, 0.25) is 5.88 Å². The monoisotopic (exact) mass is 805 g/mol. The molecule has 7 rings (SSSR count). The van der Waals surface area contributed by atoms with Crippen molar-refractivity contribution in [2.75, 3.05) is 51.5 Å². The zero-order chi connectivity index (χ0) is 41.1. The Morgan fingerprint density at radius 2 is 1.84 bits per heavy atom. The first kappa shape index (κ1) is 41.1. The maximum atomic E-state index is 17.5. The number of H-pyrrole nitrogens is 1. The second-order valence-corrected chi connectivity index (χ2v) is 23.8. The number of nitrogens with one attached hydrogen (secondary N) is 1. The fourth-order valence-corrected chi connectivity index (χ4v) is 10.5. The summed E-state index contributed by atoms with van der Waals surface area (Å²) < 4.78 is 49.2. The number of aromatic nitrogens is 5. The van der Waals surface area contributed by atoms with Crippen LogP contribution in [0.15, 0.2) is 18.3 Å². The van der Waals surface area contributed by atoms with Crippen LogP contribution >= 0.6 is 0 Å². The second kappa shape index (κ2) is 14.9. The van der Waals surface area contributed by atoms with Crippen LogP contribution in [-0.2, 0) is 13.9 Å². The predicted molar refractivity (Wildman–Crippen MR) is 221 cm³/mol. The van der Waals surface area contributed by atoms with Gasteiger partial charge in [-0.1, -0.05) is 33.3 Å². The van der Waals surface area contributed by atoms with Gasteiger partial charge in [-0.2, -0.15) is 15.1 Å². The number of carbonyl (C=O) groups is 1. The van der Waals surface area contributed by atoms with Crippen molar-refractivity contribution < 1.29 is 32.6 Å². The zero-order valence-electron chi connectivity index (χ0n) is 35.6. The number of pyridine rings is 1. The first-order valence-corrected chi connectivity index (χ1v) is 23.2. The Kier molecular flexibility index (Phi) is 10.8. The number of carbonyl (C=O) groups excluding carboxylic acids is 1. The van der Waals surface area contributed by atoms with Gasteiger partial charge in [0, 0.05) is 42.0 Å². The summed E-state index contributed by atoms with van der Waals surface area (Å²) in [7, 11) is -0.728. The van der Waals surface area contributed by atoms with E-state index in [1.54, 1.807) is 6.20 Å². The minimum Gasteiger partial charge on any atom is -0.480 e. The van der Waals surface area contributed by atoms with E-state index in [4.69, 9.17) is 38.3 Å². The molecular formula is C42H60FN7O6Si. The molecule has 4 aromatic rings. The van der Waals surface area contributed by atoms with E-state index in [0.29, 0.717) is 49.6 Å². The molecular weight excluding hydrogens is 746 g/mol. The van der Waals surface area contributed by atoms with E-state index in [2.05, 4.69) is 55.9 Å². The fraction of sp³-hybridized carbons (Fsp3) is 0.643. The van der Waals surface area contributed by atoms with Gasteiger partial charge in [0.25, 0.3) is 0 Å². The van der Waals surface area contributed by atoms with Crippen LogP contribution in [-0.4, -0.2) is 108 Å². The van der Waals surface area contributed by atoms with Gasteiger partial charge in [-0.25, -0.2) is 14.2 Å². The molecule has 3 fully saturated rings. The third-order valence-electron chi connectivity index (χ3n) is 12.4. The molecule has 3 aliphatic rings. The first-order chi connectivity index (χ1) is 26.7. The molecule has 1 aliphatic carbocycles. The van der Waals surface area contributed by atoms with Gasteiger partial charge < -0.3 is 33.2 Å². The molecule has 1 N–H and O–H groups in total. The van der Waals surface area contributed by atoms with Crippen LogP contribution in [0.25, 0.3) is 33.1 Å². The Bertz CT molecular complexity index is 2150. The Morgan fingerprint density at radius 1 is 1.09 bits per heavy atom. The van der Waals surface area contributed by atoms with Gasteiger partial charge >= 0.3 is 12.1 Å². The zero-order valence-corrected chi connectivity index (χ0v) is 36.6. The number of likely N-dealkylation sites (tertiary alicyclic amines) is 1. The Morgan fingerprint density at radius 3 is 2.56 bits per heavy atom. The number of halogens is 1. The molecule has 1 aromatic carbocycles. The summed E-state index contributed by atoms with van der Waals surface area (Å²) in [6, 6.07) is 3.82. The number of piperidine rings is 1. The SMILES string of the molecule is COc1nc(-c2c(C)ccc3[nH]ncc23)c(F)c2nc(OC[C@]34CCC[C@H]3N(C(=O)OC(C)(C)C)CCC4)nc(N3CCOC[C@@](C)(O[Si](C)(C)C(C)(C)C)C3)c12. The lowest BCUT2D eigenvalue weighted by molar-refractivity contribution is -0.0282. The van der Waals surface area contributed by atoms with Crippen molar-refractivity contribution in [3.8, 4) is 23.1 Å². The van der Waals surface area contributed by atoms with E-state index in [1.807, 2.05) is 44.7 Å². The van der Waals surface area contributed by atoms with Crippen molar-refractivity contribution in [2.45, 2.75) is 123 Å². The molecule has 1 saturated carbocycles. The van der Waals surface area contributed by atoms with Crippen LogP contribution < -0.4 is 14.4 Å². The van der Waals surface area contributed by atoms with Gasteiger partial charge in [0.15, 0.2) is 14.1 Å². The fourth-order valence-electron chi connectivity index (χ4n) is 8.80. The average Bonchev–Trinajstić information content (AvgIpc) is 3.74. The maximum absolute atomic E-state index is 17.5. The summed E-state index contributed by atoms with van der Waals surface area (Å²) in [6.45, 7) is 23.3. The van der Waals surface area contributed by atoms with Crippen molar-refractivity contribution in [1.82, 2.24) is 30.0 Å². The highest BCUT2D eigenvalue weighted by Crippen LogP contribution is 2.49. The highest BCUT2D eigenvalue weighted by Gasteiger charge is 2.51. The lowest BCUT2D eigenvalue weighted by atomic mass is 9.75. The minimum absolute atomic E-state index is 0.0336. The lowest BCUT2D eigenvalue weighted by Crippen LogP contribution is -2.55. The van der Waals surface area contributed by atoms with Gasteiger partial charge in [0.05, 0.1) is 44.2 Å². The minimum atomic E-state index is -2.25. The molecule has 5 heterocycles. The molecule has 310 valence electrons. The molecule has 2 saturated heterocycles. The number of methoxy groups -OCH3 is 1. The van der Waals surface area contributed by atoms with Crippen LogP contribution in [0.4, 0.5) is 15.0 Å². The molecule has 3 aromatic heterocycles. The largest absolute Gasteiger partial charge is 0.480 e. The molecule has 57 heavy (non-hydrogen) atoms. The van der Waals surface area contributed by atoms with E-state index in [0.717, 1.165) is 48.6 Å². The van der Waals surface area contributed by atoms with E-state index < -0.39 is 25.3 Å². The quantitative estimate of drug-likeness (QED) is 0.172. The number of benzene rings is 1. The third kappa shape index (κ3) is 7.91. The number of rotatable bonds is 8. The molecule has 0 radical (unpaired) electrons. The van der Waals surface area contributed by atoms with Crippen molar-refractivity contribution in [3.63, 3.8) is 0 Å². The topological polar surface area (TPSA) is 137 Å². The molecule has 13 nitrogen and oxygen atoms in total. The standard InChI is InChI=1S/C42H60FN7O6Si/c1-26-15-16-28-27(22-44-48-28)30(26)33-32(43)34-31(36(45-33)52-9)35(49-20-21-53-24-41(8,23-49)56-57(10,11)40(5,6)7)47-37(46-34)54-25-42-17-12-14-29(42)50(19-13-18-42)38(51)55-39(2,3)4/h15-16,22,29H,12-14,17-21,23-25H2,1-11H3,(H,44,48)/t29-,41+,42-/m1/s1. The number of nitrogens with zero attached hydrogens (tertiary/aromatic N) is 6. The van der Waals surface area contributed by atoms with Crippen LogP contribution in [0.2, 0.25) is 18.1 Å². The molecule has 0 unspecified atom stereocenters. The van der Waals surface area contributed by atoms with E-state index in [9.17, 15) is 4.79 Å². The molecule has 0 spiro atoms. The third-order valence-corrected chi connectivity index (χ3v) is 17.1. The van der Waals surface area contributed by atoms with Crippen molar-refractivity contribution in [3.05, 3.63) is 29.7 Å². The van der Waals surface area contributed by atoms with Gasteiger partial charge in [-0.15, -0.1) is 0 Å². The Labute approximate surface area is 336 Å². The van der Waals surface area contributed by atoms with Crippen molar-refractivity contribution in [1.29, 1.82) is 0 Å². The van der Waals surface area contributed by atoms with E-state index in [1.165, 1.54) is 7.11 Å². The van der Waals surface area contributed by atoms with E-state index >= 15 is 4.39 Å². The number of anilines is 1. The summed E-state index contributed by atoms with van der Waals surface area (Å²) in [6.07, 6.45) is 5.78. The number of aryl methyl sites for hydroxylation is 1. The normalized spacial score (nSPS) is 23.5. The first-order valence-electron chi connectivity index (χ1n) is 20.3. The summed E-state index contributed by atoms with van der Waals surface area (Å²) in [4.78, 5) is 32.1. The number of hydrogen-bond donors (Lipinski definition) is 1. The van der Waals surface area contributed by atoms with Crippen molar-refractivity contribution >= 4 is 42.0 Å². The predicted octanol–water partition coefficient (Wildman–Crippen LogP) is 8.59. The van der Waals surface area contributed by atoms with Crippen molar-refractivity contribution in [2.24, 2.45) is 5.41 Å². The molecule has 3 atom stereocenters. The number of amides is 1. The lowest BCUT2D eigenvalue weighted by Gasteiger charge is -2.46. The number of fused-ring (bicyclic) bond motifs is 3. The summed E-state index contributed by atoms with van der Waals surface area (Å²) in [5, 5.41) is 8.26. The number of aromatic amines is 1. The summed E-state index contributed by atoms with van der Waals surface area (Å²) >= 11 is 0. The smallest absolute Gasteiger partial charge is 0.410 e. The summed E-state index contributed by atoms with van der Waals surface area (Å²) in [5.74, 6) is 0.000918. The Hall–Kier alpha value is -4.08. The molecule has 15 heteroatoms. The summed E-state index contributed by atoms with van der Waals surface area (Å²) in [5.41, 5.74) is 0.676.